The third kappa shape index (κ3) is 2.62. The number of aryl methyl sites for hydroxylation is 1. The first-order chi connectivity index (χ1) is 6.64. The number of hydrogen-bond donors (Lipinski definition) is 0. The third-order valence-corrected chi connectivity index (χ3v) is 2.83. The molecule has 0 bridgehead atoms. The van der Waals surface area contributed by atoms with Crippen LogP contribution in [0.3, 0.4) is 0 Å². The summed E-state index contributed by atoms with van der Waals surface area (Å²) in [4.78, 5) is 0. The predicted molar refractivity (Wildman–Crippen MR) is 68.6 cm³/mol. The molecule has 1 aromatic carbocycles. The molecule has 1 rings (SSSR count). The predicted octanol–water partition coefficient (Wildman–Crippen LogP) is 4.59. The van der Waals surface area contributed by atoms with E-state index in [9.17, 15) is 0 Å². The van der Waals surface area contributed by atoms with Crippen molar-refractivity contribution in [1.82, 2.24) is 0 Å². The van der Waals surface area contributed by atoms with Gasteiger partial charge in [-0.25, -0.2) is 0 Å². The lowest BCUT2D eigenvalue weighted by molar-refractivity contribution is 0.527. The lowest BCUT2D eigenvalue weighted by Crippen LogP contribution is -2.23. The molecule has 0 heteroatoms. The molecule has 0 saturated carbocycles. The average Bonchev–Trinajstić information content (AvgIpc) is 1.99. The molecule has 0 fully saturated rings. The van der Waals surface area contributed by atoms with Gasteiger partial charge in [-0.05, 0) is 34.4 Å². The fourth-order valence-corrected chi connectivity index (χ4v) is 2.29. The van der Waals surface area contributed by atoms with Crippen LogP contribution >= 0.6 is 0 Å². The molecule has 0 N–H and O–H groups in total. The minimum Gasteiger partial charge on any atom is -0.0617 e. The minimum absolute atomic E-state index is 0.230. The second-order valence-electron chi connectivity index (χ2n) is 6.50. The van der Waals surface area contributed by atoms with Gasteiger partial charge in [0.05, 0.1) is 0 Å². The fourth-order valence-electron chi connectivity index (χ4n) is 2.29. The molecule has 0 amide bonds. The summed E-state index contributed by atoms with van der Waals surface area (Å²) in [6.07, 6.45) is 0. The molecule has 0 atom stereocenters. The van der Waals surface area contributed by atoms with E-state index >= 15 is 0 Å². The van der Waals surface area contributed by atoms with E-state index in [0.29, 0.717) is 0 Å². The van der Waals surface area contributed by atoms with E-state index in [4.69, 9.17) is 0 Å². The van der Waals surface area contributed by atoms with Crippen molar-refractivity contribution in [3.63, 3.8) is 0 Å². The van der Waals surface area contributed by atoms with Crippen molar-refractivity contribution in [3.05, 3.63) is 34.9 Å². The fraction of sp³-hybridized carbons (Fsp3) is 0.600. The molecule has 0 spiro atoms. The first-order valence-corrected chi connectivity index (χ1v) is 5.74. The van der Waals surface area contributed by atoms with Crippen LogP contribution in [0.5, 0.6) is 0 Å². The molecule has 0 aliphatic rings. The van der Waals surface area contributed by atoms with Crippen LogP contribution in [0.4, 0.5) is 0 Å². The van der Waals surface area contributed by atoms with E-state index in [-0.39, 0.29) is 10.8 Å². The average molecular weight is 204 g/mol. The summed E-state index contributed by atoms with van der Waals surface area (Å²) in [5.41, 5.74) is 4.87. The van der Waals surface area contributed by atoms with E-state index in [1.54, 1.807) is 0 Å². The van der Waals surface area contributed by atoms with E-state index in [2.05, 4.69) is 66.7 Å². The topological polar surface area (TPSA) is 0 Å². The third-order valence-electron chi connectivity index (χ3n) is 2.83. The number of benzene rings is 1. The molecule has 0 aliphatic carbocycles. The Labute approximate surface area is 94.7 Å². The molecule has 15 heavy (non-hydrogen) atoms. The van der Waals surface area contributed by atoms with Gasteiger partial charge >= 0.3 is 0 Å². The van der Waals surface area contributed by atoms with Gasteiger partial charge in [0, 0.05) is 0 Å². The highest BCUT2D eigenvalue weighted by atomic mass is 14.3. The lowest BCUT2D eigenvalue weighted by atomic mass is 9.73. The van der Waals surface area contributed by atoms with Crippen molar-refractivity contribution in [3.8, 4) is 0 Å². The Hall–Kier alpha value is -0.780. The van der Waals surface area contributed by atoms with Crippen LogP contribution in [-0.2, 0) is 10.8 Å². The van der Waals surface area contributed by atoms with Crippen molar-refractivity contribution >= 4 is 0 Å². The van der Waals surface area contributed by atoms with Crippen molar-refractivity contribution in [1.29, 1.82) is 0 Å². The van der Waals surface area contributed by atoms with E-state index in [0.717, 1.165) is 0 Å². The first-order valence-electron chi connectivity index (χ1n) is 5.74. The standard InChI is InChI=1S/C15H24/c1-11-9-8-10-12(14(2,3)4)13(11)15(5,6)7/h8-10H,1-7H3. The summed E-state index contributed by atoms with van der Waals surface area (Å²) < 4.78 is 0. The summed E-state index contributed by atoms with van der Waals surface area (Å²) in [5, 5.41) is 0. The first kappa shape index (κ1) is 12.3. The van der Waals surface area contributed by atoms with Crippen molar-refractivity contribution in [2.24, 2.45) is 0 Å². The van der Waals surface area contributed by atoms with Gasteiger partial charge in [0.2, 0.25) is 0 Å². The minimum atomic E-state index is 0.230. The van der Waals surface area contributed by atoms with Gasteiger partial charge < -0.3 is 0 Å². The van der Waals surface area contributed by atoms with E-state index < -0.39 is 0 Å². The number of rotatable bonds is 0. The SMILES string of the molecule is Cc1cccc(C(C)(C)C)c1C(C)(C)C. The van der Waals surface area contributed by atoms with Crippen molar-refractivity contribution in [2.75, 3.05) is 0 Å². The Kier molecular flexibility index (Phi) is 3.00. The largest absolute Gasteiger partial charge is 0.0617 e. The molecule has 0 unspecified atom stereocenters. The van der Waals surface area contributed by atoms with Gasteiger partial charge in [-0.15, -0.1) is 0 Å². The maximum atomic E-state index is 2.30. The molecule has 0 heterocycles. The molecular weight excluding hydrogens is 180 g/mol. The van der Waals surface area contributed by atoms with Crippen LogP contribution in [0.15, 0.2) is 18.2 Å². The molecule has 0 saturated heterocycles. The summed E-state index contributed by atoms with van der Waals surface area (Å²) >= 11 is 0. The second kappa shape index (κ2) is 3.66. The lowest BCUT2D eigenvalue weighted by Gasteiger charge is -2.31. The Morgan fingerprint density at radius 2 is 1.33 bits per heavy atom. The van der Waals surface area contributed by atoms with E-state index in [1.807, 2.05) is 0 Å². The highest BCUT2D eigenvalue weighted by molar-refractivity contribution is 5.42. The van der Waals surface area contributed by atoms with Gasteiger partial charge in [0.25, 0.3) is 0 Å². The maximum Gasteiger partial charge on any atom is -0.0126 e. The molecule has 0 radical (unpaired) electrons. The number of hydrogen-bond acceptors (Lipinski definition) is 0. The van der Waals surface area contributed by atoms with Gasteiger partial charge in [0.15, 0.2) is 0 Å². The Morgan fingerprint density at radius 1 is 0.800 bits per heavy atom. The highest BCUT2D eigenvalue weighted by Crippen LogP contribution is 2.35. The Morgan fingerprint density at radius 3 is 1.67 bits per heavy atom. The molecule has 0 aromatic heterocycles. The van der Waals surface area contributed by atoms with Crippen LogP contribution in [0.2, 0.25) is 0 Å². The van der Waals surface area contributed by atoms with Crippen LogP contribution in [0, 0.1) is 6.92 Å². The second-order valence-corrected chi connectivity index (χ2v) is 6.50. The molecule has 0 aliphatic heterocycles. The normalized spacial score (nSPS) is 13.0. The van der Waals surface area contributed by atoms with Crippen LogP contribution in [0.25, 0.3) is 0 Å². The van der Waals surface area contributed by atoms with Crippen molar-refractivity contribution < 1.29 is 0 Å². The maximum absolute atomic E-state index is 2.30. The summed E-state index contributed by atoms with van der Waals surface area (Å²) in [6, 6.07) is 6.66. The highest BCUT2D eigenvalue weighted by Gasteiger charge is 2.25. The van der Waals surface area contributed by atoms with Crippen LogP contribution in [-0.4, -0.2) is 0 Å². The monoisotopic (exact) mass is 204 g/mol. The summed E-state index contributed by atoms with van der Waals surface area (Å²) in [5.74, 6) is 0. The Bertz CT molecular complexity index is 345. The van der Waals surface area contributed by atoms with Crippen LogP contribution in [0.1, 0.15) is 58.2 Å². The summed E-state index contributed by atoms with van der Waals surface area (Å²) in [6.45, 7) is 16.0. The van der Waals surface area contributed by atoms with Gasteiger partial charge in [-0.3, -0.25) is 0 Å². The zero-order chi connectivity index (χ0) is 11.9. The van der Waals surface area contributed by atoms with Gasteiger partial charge in [-0.2, -0.15) is 0 Å². The molecule has 0 nitrogen and oxygen atoms in total. The van der Waals surface area contributed by atoms with Gasteiger partial charge in [0.1, 0.15) is 0 Å². The zero-order valence-electron chi connectivity index (χ0n) is 11.2. The smallest absolute Gasteiger partial charge is 0.0126 e. The van der Waals surface area contributed by atoms with Crippen molar-refractivity contribution in [2.45, 2.75) is 59.3 Å². The van der Waals surface area contributed by atoms with E-state index in [1.165, 1.54) is 16.7 Å². The summed E-state index contributed by atoms with van der Waals surface area (Å²) in [7, 11) is 0. The van der Waals surface area contributed by atoms with Gasteiger partial charge in [-0.1, -0.05) is 59.7 Å². The molecular formula is C15H24. The zero-order valence-corrected chi connectivity index (χ0v) is 11.2. The molecule has 84 valence electrons. The quantitative estimate of drug-likeness (QED) is 0.580. The van der Waals surface area contributed by atoms with Crippen LogP contribution < -0.4 is 0 Å². The molecule has 1 aromatic rings. The Balaban J connectivity index is 3.48.